The Morgan fingerprint density at radius 1 is 1.30 bits per heavy atom. The summed E-state index contributed by atoms with van der Waals surface area (Å²) in [7, 11) is 2.24. The predicted molar refractivity (Wildman–Crippen MR) is 84.2 cm³/mol. The zero-order chi connectivity index (χ0) is 14.6. The van der Waals surface area contributed by atoms with E-state index in [0.29, 0.717) is 17.5 Å². The summed E-state index contributed by atoms with van der Waals surface area (Å²) < 4.78 is 5.73. The van der Waals surface area contributed by atoms with Crippen LogP contribution in [0, 0.1) is 5.92 Å². The topological polar surface area (TPSA) is 27.7 Å². The monoisotopic (exact) mass is 283 g/mol. The van der Waals surface area contributed by atoms with Crippen molar-refractivity contribution in [3.05, 3.63) is 0 Å². The maximum Gasteiger partial charge on any atom is 0.0521 e. The fraction of sp³-hybridized carbons (Fsp3) is 1.00. The normalized spacial score (nSPS) is 32.4. The van der Waals surface area contributed by atoms with Crippen LogP contribution in [0.5, 0.6) is 0 Å². The minimum atomic E-state index is 0.292. The fourth-order valence-corrected chi connectivity index (χ4v) is 3.40. The summed E-state index contributed by atoms with van der Waals surface area (Å²) in [6, 6.07) is 0.645. The van der Waals surface area contributed by atoms with Gasteiger partial charge in [0.25, 0.3) is 0 Å². The van der Waals surface area contributed by atoms with Gasteiger partial charge in [-0.1, -0.05) is 6.92 Å². The molecule has 2 aliphatic rings. The van der Waals surface area contributed by atoms with E-state index in [4.69, 9.17) is 4.74 Å². The molecular weight excluding hydrogens is 250 g/mol. The number of hydrogen-bond donors (Lipinski definition) is 1. The number of ether oxygens (including phenoxy) is 1. The molecule has 0 aromatic heterocycles. The van der Waals surface area contributed by atoms with Crippen molar-refractivity contribution in [2.45, 2.75) is 45.2 Å². The molecule has 2 aliphatic heterocycles. The average Bonchev–Trinajstić information content (AvgIpc) is 2.42. The Balaban J connectivity index is 1.87. The second-order valence-corrected chi connectivity index (χ2v) is 7.15. The van der Waals surface area contributed by atoms with Crippen molar-refractivity contribution in [1.82, 2.24) is 15.1 Å². The molecule has 0 radical (unpaired) electrons. The Hall–Kier alpha value is -0.160. The zero-order valence-corrected chi connectivity index (χ0v) is 13.8. The summed E-state index contributed by atoms with van der Waals surface area (Å²) in [5, 5.41) is 3.72. The SMILES string of the molecule is CCCNC1CCOCC1CN1CCN(C)C(C)(C)C1. The Morgan fingerprint density at radius 3 is 2.80 bits per heavy atom. The maximum absolute atomic E-state index is 5.73. The lowest BCUT2D eigenvalue weighted by Gasteiger charge is -2.47. The highest BCUT2D eigenvalue weighted by atomic mass is 16.5. The van der Waals surface area contributed by atoms with Gasteiger partial charge in [-0.15, -0.1) is 0 Å². The van der Waals surface area contributed by atoms with Crippen molar-refractivity contribution in [2.24, 2.45) is 5.92 Å². The van der Waals surface area contributed by atoms with Crippen molar-refractivity contribution < 1.29 is 4.74 Å². The van der Waals surface area contributed by atoms with Crippen LogP contribution in [0.1, 0.15) is 33.6 Å². The largest absolute Gasteiger partial charge is 0.381 e. The Morgan fingerprint density at radius 2 is 2.10 bits per heavy atom. The minimum absolute atomic E-state index is 0.292. The molecule has 2 atom stereocenters. The van der Waals surface area contributed by atoms with Crippen LogP contribution in [0.25, 0.3) is 0 Å². The minimum Gasteiger partial charge on any atom is -0.381 e. The van der Waals surface area contributed by atoms with Crippen molar-refractivity contribution in [2.75, 3.05) is 53.0 Å². The summed E-state index contributed by atoms with van der Waals surface area (Å²) >= 11 is 0. The standard InChI is InChI=1S/C16H33N3O/c1-5-7-17-15-6-10-20-12-14(15)11-19-9-8-18(4)16(2,3)13-19/h14-15,17H,5-13H2,1-4H3. The van der Waals surface area contributed by atoms with Crippen molar-refractivity contribution in [3.8, 4) is 0 Å². The van der Waals surface area contributed by atoms with E-state index in [9.17, 15) is 0 Å². The van der Waals surface area contributed by atoms with E-state index in [-0.39, 0.29) is 0 Å². The molecule has 2 heterocycles. The molecule has 2 rings (SSSR count). The van der Waals surface area contributed by atoms with Gasteiger partial charge in [0.1, 0.15) is 0 Å². The molecule has 20 heavy (non-hydrogen) atoms. The molecule has 2 unspecified atom stereocenters. The first-order valence-corrected chi connectivity index (χ1v) is 8.27. The molecule has 4 heteroatoms. The number of rotatable bonds is 5. The highest BCUT2D eigenvalue weighted by Gasteiger charge is 2.34. The van der Waals surface area contributed by atoms with Crippen LogP contribution >= 0.6 is 0 Å². The third-order valence-corrected chi connectivity index (χ3v) is 5.02. The molecule has 0 bridgehead atoms. The number of likely N-dealkylation sites (N-methyl/N-ethyl adjacent to an activating group) is 1. The second-order valence-electron chi connectivity index (χ2n) is 7.15. The van der Waals surface area contributed by atoms with Gasteiger partial charge in [-0.3, -0.25) is 9.80 Å². The Kier molecular flexibility index (Phi) is 5.84. The van der Waals surface area contributed by atoms with Crippen molar-refractivity contribution in [3.63, 3.8) is 0 Å². The van der Waals surface area contributed by atoms with Crippen LogP contribution in [-0.2, 0) is 4.74 Å². The van der Waals surface area contributed by atoms with E-state index < -0.39 is 0 Å². The third kappa shape index (κ3) is 4.17. The molecule has 0 aromatic rings. The number of nitrogens with zero attached hydrogens (tertiary/aromatic N) is 2. The van der Waals surface area contributed by atoms with Gasteiger partial charge in [-0.25, -0.2) is 0 Å². The van der Waals surface area contributed by atoms with Gasteiger partial charge in [0.15, 0.2) is 0 Å². The average molecular weight is 283 g/mol. The number of piperazine rings is 1. The second kappa shape index (κ2) is 7.21. The maximum atomic E-state index is 5.73. The van der Waals surface area contributed by atoms with Crippen LogP contribution in [0.3, 0.4) is 0 Å². The van der Waals surface area contributed by atoms with Gasteiger partial charge in [-0.05, 0) is 40.3 Å². The van der Waals surface area contributed by atoms with Crippen LogP contribution in [0.2, 0.25) is 0 Å². The van der Waals surface area contributed by atoms with Crippen LogP contribution < -0.4 is 5.32 Å². The molecule has 4 nitrogen and oxygen atoms in total. The van der Waals surface area contributed by atoms with E-state index >= 15 is 0 Å². The number of hydrogen-bond acceptors (Lipinski definition) is 4. The predicted octanol–water partition coefficient (Wildman–Crippen LogP) is 1.42. The molecule has 0 saturated carbocycles. The summed E-state index contributed by atoms with van der Waals surface area (Å²) in [6.45, 7) is 14.6. The van der Waals surface area contributed by atoms with Gasteiger partial charge < -0.3 is 10.1 Å². The van der Waals surface area contributed by atoms with Gasteiger partial charge in [0.2, 0.25) is 0 Å². The van der Waals surface area contributed by atoms with E-state index in [1.165, 1.54) is 39.0 Å². The molecule has 2 saturated heterocycles. The van der Waals surface area contributed by atoms with Crippen LogP contribution in [0.4, 0.5) is 0 Å². The van der Waals surface area contributed by atoms with Crippen LogP contribution in [0.15, 0.2) is 0 Å². The van der Waals surface area contributed by atoms with Gasteiger partial charge >= 0.3 is 0 Å². The lowest BCUT2D eigenvalue weighted by Crippen LogP contribution is -2.59. The number of nitrogens with one attached hydrogen (secondary N) is 1. The molecule has 0 amide bonds. The highest BCUT2D eigenvalue weighted by molar-refractivity contribution is 4.90. The van der Waals surface area contributed by atoms with Crippen molar-refractivity contribution in [1.29, 1.82) is 0 Å². The highest BCUT2D eigenvalue weighted by Crippen LogP contribution is 2.22. The zero-order valence-electron chi connectivity index (χ0n) is 13.8. The summed E-state index contributed by atoms with van der Waals surface area (Å²) in [4.78, 5) is 5.12. The van der Waals surface area contributed by atoms with Gasteiger partial charge in [0, 0.05) is 50.3 Å². The van der Waals surface area contributed by atoms with Gasteiger partial charge in [0.05, 0.1) is 6.61 Å². The molecule has 0 aromatic carbocycles. The summed E-state index contributed by atoms with van der Waals surface area (Å²) in [5.41, 5.74) is 0.292. The lowest BCUT2D eigenvalue weighted by atomic mass is 9.93. The first-order chi connectivity index (χ1) is 9.53. The quantitative estimate of drug-likeness (QED) is 0.826. The van der Waals surface area contributed by atoms with E-state index in [0.717, 1.165) is 19.8 Å². The first-order valence-electron chi connectivity index (χ1n) is 8.27. The Labute approximate surface area is 124 Å². The molecule has 1 N–H and O–H groups in total. The smallest absolute Gasteiger partial charge is 0.0521 e. The van der Waals surface area contributed by atoms with E-state index in [2.05, 4.69) is 42.9 Å². The Bertz CT molecular complexity index is 295. The molecule has 118 valence electrons. The van der Waals surface area contributed by atoms with E-state index in [1.807, 2.05) is 0 Å². The molecule has 0 spiro atoms. The summed E-state index contributed by atoms with van der Waals surface area (Å²) in [5.74, 6) is 0.648. The third-order valence-electron chi connectivity index (χ3n) is 5.02. The fourth-order valence-electron chi connectivity index (χ4n) is 3.40. The molecular formula is C16H33N3O. The summed E-state index contributed by atoms with van der Waals surface area (Å²) in [6.07, 6.45) is 2.38. The van der Waals surface area contributed by atoms with E-state index in [1.54, 1.807) is 0 Å². The first kappa shape index (κ1) is 16.2. The van der Waals surface area contributed by atoms with Crippen LogP contribution in [-0.4, -0.2) is 74.4 Å². The van der Waals surface area contributed by atoms with Gasteiger partial charge in [-0.2, -0.15) is 0 Å². The van der Waals surface area contributed by atoms with Crippen molar-refractivity contribution >= 4 is 0 Å². The molecule has 0 aliphatic carbocycles. The molecule has 2 fully saturated rings. The lowest BCUT2D eigenvalue weighted by molar-refractivity contribution is -0.0114.